The Morgan fingerprint density at radius 3 is 2.50 bits per heavy atom. The van der Waals surface area contributed by atoms with Crippen LogP contribution < -0.4 is 15.5 Å². The van der Waals surface area contributed by atoms with Crippen LogP contribution in [-0.4, -0.2) is 53.6 Å². The third kappa shape index (κ3) is 5.79. The maximum atomic E-state index is 12.6. The number of nitrogens with zero attached hydrogens (tertiary/aromatic N) is 2. The van der Waals surface area contributed by atoms with Gasteiger partial charge < -0.3 is 20.6 Å². The van der Waals surface area contributed by atoms with E-state index in [0.717, 1.165) is 10.2 Å². The van der Waals surface area contributed by atoms with Crippen LogP contribution in [-0.2, 0) is 9.59 Å². The largest absolute Gasteiger partial charge is 0.480 e. The number of pyridine rings is 1. The molecule has 158 valence electrons. The van der Waals surface area contributed by atoms with Gasteiger partial charge in [-0.15, -0.1) is 0 Å². The number of hydrogen-bond acceptors (Lipinski definition) is 5. The van der Waals surface area contributed by atoms with Crippen molar-refractivity contribution in [3.05, 3.63) is 58.8 Å². The summed E-state index contributed by atoms with van der Waals surface area (Å²) in [7, 11) is 0. The van der Waals surface area contributed by atoms with E-state index in [1.807, 2.05) is 6.07 Å². The molecule has 2 amide bonds. The summed E-state index contributed by atoms with van der Waals surface area (Å²) in [5, 5.41) is 14.6. The van der Waals surface area contributed by atoms with Crippen LogP contribution >= 0.6 is 15.9 Å². The first-order valence-electron chi connectivity index (χ1n) is 9.66. The second-order valence-electron chi connectivity index (χ2n) is 7.10. The lowest BCUT2D eigenvalue weighted by Crippen LogP contribution is -2.51. The number of anilines is 1. The summed E-state index contributed by atoms with van der Waals surface area (Å²) in [6.07, 6.45) is 4.72. The van der Waals surface area contributed by atoms with E-state index in [9.17, 15) is 19.5 Å². The lowest BCUT2D eigenvalue weighted by atomic mass is 9.95. The van der Waals surface area contributed by atoms with E-state index in [-0.39, 0.29) is 24.3 Å². The SMILES string of the molecule is O=C(NCC(NC(=O)C1CCN(c2cncc(Br)c2)CC1)C(=O)O)c1ccccc1. The van der Waals surface area contributed by atoms with E-state index in [1.54, 1.807) is 42.7 Å². The molecule has 1 unspecified atom stereocenters. The van der Waals surface area contributed by atoms with E-state index in [4.69, 9.17) is 0 Å². The number of piperidine rings is 1. The highest BCUT2D eigenvalue weighted by Gasteiger charge is 2.29. The number of hydrogen-bond donors (Lipinski definition) is 3. The van der Waals surface area contributed by atoms with Crippen molar-refractivity contribution in [2.75, 3.05) is 24.5 Å². The fourth-order valence-corrected chi connectivity index (χ4v) is 3.70. The van der Waals surface area contributed by atoms with Gasteiger partial charge in [0.1, 0.15) is 6.04 Å². The average molecular weight is 475 g/mol. The molecule has 0 bridgehead atoms. The van der Waals surface area contributed by atoms with Crippen molar-refractivity contribution >= 4 is 39.4 Å². The molecule has 1 saturated heterocycles. The predicted molar refractivity (Wildman–Crippen MR) is 115 cm³/mol. The normalized spacial score (nSPS) is 15.3. The molecule has 9 heteroatoms. The summed E-state index contributed by atoms with van der Waals surface area (Å²) in [6.45, 7) is 1.18. The van der Waals surface area contributed by atoms with E-state index in [1.165, 1.54) is 0 Å². The number of aromatic nitrogens is 1. The molecular weight excluding hydrogens is 452 g/mol. The molecule has 0 saturated carbocycles. The minimum atomic E-state index is -1.19. The first-order chi connectivity index (χ1) is 14.4. The lowest BCUT2D eigenvalue weighted by molar-refractivity contribution is -0.142. The number of carbonyl (C=O) groups excluding carboxylic acids is 2. The molecular formula is C21H23BrN4O4. The van der Waals surface area contributed by atoms with Gasteiger partial charge in [-0.25, -0.2) is 4.79 Å². The molecule has 3 rings (SSSR count). The van der Waals surface area contributed by atoms with Gasteiger partial charge in [0.05, 0.1) is 11.9 Å². The molecule has 0 spiro atoms. The van der Waals surface area contributed by atoms with Crippen LogP contribution in [0.2, 0.25) is 0 Å². The number of rotatable bonds is 7. The Balaban J connectivity index is 1.50. The molecule has 0 radical (unpaired) electrons. The number of carbonyl (C=O) groups is 3. The van der Waals surface area contributed by atoms with Crippen molar-refractivity contribution in [3.8, 4) is 0 Å². The van der Waals surface area contributed by atoms with Gasteiger partial charge in [-0.05, 0) is 47.0 Å². The molecule has 1 aliphatic heterocycles. The quantitative estimate of drug-likeness (QED) is 0.566. The van der Waals surface area contributed by atoms with Crippen LogP contribution in [0.4, 0.5) is 5.69 Å². The van der Waals surface area contributed by atoms with Crippen molar-refractivity contribution < 1.29 is 19.5 Å². The van der Waals surface area contributed by atoms with E-state index in [2.05, 4.69) is 36.4 Å². The monoisotopic (exact) mass is 474 g/mol. The number of aliphatic carboxylic acids is 1. The summed E-state index contributed by atoms with van der Waals surface area (Å²) >= 11 is 3.41. The maximum absolute atomic E-state index is 12.6. The van der Waals surface area contributed by atoms with Gasteiger partial charge >= 0.3 is 5.97 Å². The van der Waals surface area contributed by atoms with Crippen LogP contribution in [0.15, 0.2) is 53.3 Å². The van der Waals surface area contributed by atoms with Crippen molar-refractivity contribution in [1.82, 2.24) is 15.6 Å². The van der Waals surface area contributed by atoms with Crippen LogP contribution in [0.25, 0.3) is 0 Å². The molecule has 1 fully saturated rings. The summed E-state index contributed by atoms with van der Waals surface area (Å²) in [6, 6.07) is 9.30. The van der Waals surface area contributed by atoms with Gasteiger partial charge in [-0.1, -0.05) is 18.2 Å². The molecule has 1 aromatic heterocycles. The highest BCUT2D eigenvalue weighted by molar-refractivity contribution is 9.10. The Hall–Kier alpha value is -2.94. The van der Waals surface area contributed by atoms with E-state index < -0.39 is 12.0 Å². The van der Waals surface area contributed by atoms with Gasteiger partial charge in [-0.2, -0.15) is 0 Å². The third-order valence-electron chi connectivity index (χ3n) is 5.04. The number of nitrogens with one attached hydrogen (secondary N) is 2. The smallest absolute Gasteiger partial charge is 0.328 e. The van der Waals surface area contributed by atoms with Gasteiger partial charge in [-0.3, -0.25) is 14.6 Å². The van der Waals surface area contributed by atoms with Crippen LogP contribution in [0.1, 0.15) is 23.2 Å². The first kappa shape index (κ1) is 21.8. The van der Waals surface area contributed by atoms with E-state index in [0.29, 0.717) is 31.5 Å². The number of amides is 2. The summed E-state index contributed by atoms with van der Waals surface area (Å²) < 4.78 is 0.890. The Morgan fingerprint density at radius 2 is 1.87 bits per heavy atom. The van der Waals surface area contributed by atoms with E-state index >= 15 is 0 Å². The van der Waals surface area contributed by atoms with Gasteiger partial charge in [0, 0.05) is 41.8 Å². The van der Waals surface area contributed by atoms with Crippen molar-refractivity contribution in [3.63, 3.8) is 0 Å². The molecule has 3 N–H and O–H groups in total. The molecule has 2 heterocycles. The highest BCUT2D eigenvalue weighted by atomic mass is 79.9. The van der Waals surface area contributed by atoms with Crippen LogP contribution in [0, 0.1) is 5.92 Å². The fourth-order valence-electron chi connectivity index (χ4n) is 3.35. The first-order valence-corrected chi connectivity index (χ1v) is 10.5. The van der Waals surface area contributed by atoms with Gasteiger partial charge in [0.25, 0.3) is 5.91 Å². The van der Waals surface area contributed by atoms with Gasteiger partial charge in [0.2, 0.25) is 5.91 Å². The minimum absolute atomic E-state index is 0.183. The Morgan fingerprint density at radius 1 is 1.17 bits per heavy atom. The molecule has 1 aliphatic rings. The Labute approximate surface area is 182 Å². The molecule has 8 nitrogen and oxygen atoms in total. The topological polar surface area (TPSA) is 112 Å². The fraction of sp³-hybridized carbons (Fsp3) is 0.333. The third-order valence-corrected chi connectivity index (χ3v) is 5.47. The summed E-state index contributed by atoms with van der Waals surface area (Å²) in [4.78, 5) is 42.6. The van der Waals surface area contributed by atoms with Crippen LogP contribution in [0.5, 0.6) is 0 Å². The number of carboxylic acids is 1. The number of halogens is 1. The molecule has 0 aliphatic carbocycles. The molecule has 30 heavy (non-hydrogen) atoms. The second kappa shape index (κ2) is 10.2. The molecule has 2 aromatic rings. The zero-order chi connectivity index (χ0) is 21.5. The Bertz CT molecular complexity index is 901. The highest BCUT2D eigenvalue weighted by Crippen LogP contribution is 2.25. The predicted octanol–water partition coefficient (Wildman–Crippen LogP) is 2.06. The van der Waals surface area contributed by atoms with Crippen LogP contribution in [0.3, 0.4) is 0 Å². The number of benzene rings is 1. The molecule has 1 atom stereocenters. The lowest BCUT2D eigenvalue weighted by Gasteiger charge is -2.33. The number of carboxylic acid groups (broad SMARTS) is 1. The standard InChI is InChI=1S/C21H23BrN4O4/c22-16-10-17(12-23-11-16)26-8-6-15(7-9-26)20(28)25-18(21(29)30)13-24-19(27)14-4-2-1-3-5-14/h1-5,10-12,15,18H,6-9,13H2,(H,24,27)(H,25,28)(H,29,30). The summed E-state index contributed by atoms with van der Waals surface area (Å²) in [5.74, 6) is -2.14. The average Bonchev–Trinajstić information content (AvgIpc) is 2.76. The van der Waals surface area contributed by atoms with Crippen molar-refractivity contribution in [2.24, 2.45) is 5.92 Å². The van der Waals surface area contributed by atoms with Crippen molar-refractivity contribution in [2.45, 2.75) is 18.9 Å². The van der Waals surface area contributed by atoms with Crippen molar-refractivity contribution in [1.29, 1.82) is 0 Å². The maximum Gasteiger partial charge on any atom is 0.328 e. The second-order valence-corrected chi connectivity index (χ2v) is 8.01. The summed E-state index contributed by atoms with van der Waals surface area (Å²) in [5.41, 5.74) is 1.41. The van der Waals surface area contributed by atoms with Gasteiger partial charge in [0.15, 0.2) is 0 Å². The minimum Gasteiger partial charge on any atom is -0.480 e. The zero-order valence-electron chi connectivity index (χ0n) is 16.3. The Kier molecular flexibility index (Phi) is 7.40. The zero-order valence-corrected chi connectivity index (χ0v) is 17.8. The molecule has 1 aromatic carbocycles.